The van der Waals surface area contributed by atoms with Crippen molar-refractivity contribution in [3.8, 4) is 0 Å². The van der Waals surface area contributed by atoms with Crippen LogP contribution >= 0.6 is 27.5 Å². The van der Waals surface area contributed by atoms with Gasteiger partial charge in [0, 0.05) is 15.6 Å². The van der Waals surface area contributed by atoms with E-state index < -0.39 is 0 Å². The minimum absolute atomic E-state index is 0.393. The molecule has 1 heterocycles. The highest BCUT2D eigenvalue weighted by atomic mass is 79.9. The molecule has 1 nitrogen and oxygen atoms in total. The molecule has 2 aromatic rings. The molecule has 0 spiro atoms. The lowest BCUT2D eigenvalue weighted by molar-refractivity contribution is 0.829. The second kappa shape index (κ2) is 4.34. The third-order valence-corrected chi connectivity index (χ3v) is 3.40. The van der Waals surface area contributed by atoms with E-state index in [4.69, 9.17) is 11.6 Å². The molecule has 0 atom stereocenters. The van der Waals surface area contributed by atoms with Crippen molar-refractivity contribution < 1.29 is 0 Å². The van der Waals surface area contributed by atoms with Crippen LogP contribution in [-0.4, -0.2) is 4.98 Å². The first-order valence-electron chi connectivity index (χ1n) is 5.25. The molecule has 0 radical (unpaired) electrons. The highest BCUT2D eigenvalue weighted by Gasteiger charge is 2.09. The molecule has 3 heteroatoms. The zero-order valence-corrected chi connectivity index (χ0v) is 11.9. The Kier molecular flexibility index (Phi) is 3.22. The number of aryl methyl sites for hydroxylation is 1. The van der Waals surface area contributed by atoms with Gasteiger partial charge in [-0.2, -0.15) is 0 Å². The number of pyridine rings is 1. The van der Waals surface area contributed by atoms with Gasteiger partial charge in [0.25, 0.3) is 0 Å². The number of fused-ring (bicyclic) bond motifs is 1. The summed E-state index contributed by atoms with van der Waals surface area (Å²) in [5.41, 5.74) is 3.19. The molecule has 0 N–H and O–H groups in total. The van der Waals surface area contributed by atoms with Gasteiger partial charge >= 0.3 is 0 Å². The van der Waals surface area contributed by atoms with Gasteiger partial charge in [-0.05, 0) is 36.6 Å². The van der Waals surface area contributed by atoms with E-state index in [1.165, 1.54) is 0 Å². The van der Waals surface area contributed by atoms with Gasteiger partial charge in [-0.15, -0.1) is 0 Å². The summed E-state index contributed by atoms with van der Waals surface area (Å²) in [6.07, 6.45) is 0. The van der Waals surface area contributed by atoms with E-state index in [9.17, 15) is 0 Å². The van der Waals surface area contributed by atoms with E-state index in [0.29, 0.717) is 5.92 Å². The number of aromatic nitrogens is 1. The maximum atomic E-state index is 6.29. The van der Waals surface area contributed by atoms with Crippen molar-refractivity contribution in [1.82, 2.24) is 4.98 Å². The van der Waals surface area contributed by atoms with Gasteiger partial charge < -0.3 is 0 Å². The maximum Gasteiger partial charge on any atom is 0.0750 e. The van der Waals surface area contributed by atoms with E-state index in [-0.39, 0.29) is 0 Å². The molecular formula is C13H13BrClN. The summed E-state index contributed by atoms with van der Waals surface area (Å²) in [6, 6.07) is 6.04. The van der Waals surface area contributed by atoms with Gasteiger partial charge in [0.1, 0.15) is 0 Å². The van der Waals surface area contributed by atoms with Crippen molar-refractivity contribution in [2.45, 2.75) is 26.7 Å². The Hall–Kier alpha value is -0.600. The molecule has 84 valence electrons. The van der Waals surface area contributed by atoms with Crippen LogP contribution in [0.25, 0.3) is 10.9 Å². The molecule has 0 bridgehead atoms. The van der Waals surface area contributed by atoms with Crippen molar-refractivity contribution in [3.05, 3.63) is 39.0 Å². The maximum absolute atomic E-state index is 6.29. The van der Waals surface area contributed by atoms with Gasteiger partial charge in [0.15, 0.2) is 0 Å². The van der Waals surface area contributed by atoms with E-state index in [0.717, 1.165) is 31.7 Å². The zero-order valence-electron chi connectivity index (χ0n) is 9.51. The standard InChI is InChI=1S/C13H13BrClN/c1-7(2)12-6-11(15)10-5-9(14)4-8(3)13(10)16-12/h4-7H,1-3H3. The Bertz CT molecular complexity index is 549. The fourth-order valence-electron chi connectivity index (χ4n) is 1.73. The smallest absolute Gasteiger partial charge is 0.0750 e. The number of nitrogens with zero attached hydrogens (tertiary/aromatic N) is 1. The third-order valence-electron chi connectivity index (χ3n) is 2.63. The Morgan fingerprint density at radius 1 is 1.25 bits per heavy atom. The lowest BCUT2D eigenvalue weighted by Gasteiger charge is -2.10. The quantitative estimate of drug-likeness (QED) is 0.715. The number of halogens is 2. The molecule has 0 unspecified atom stereocenters. The van der Waals surface area contributed by atoms with Crippen LogP contribution in [0.3, 0.4) is 0 Å². The number of benzene rings is 1. The summed E-state index contributed by atoms with van der Waals surface area (Å²) in [4.78, 5) is 4.67. The van der Waals surface area contributed by atoms with Crippen LogP contribution in [0, 0.1) is 6.92 Å². The van der Waals surface area contributed by atoms with Crippen LogP contribution in [0.2, 0.25) is 5.02 Å². The van der Waals surface area contributed by atoms with Gasteiger partial charge in [0.2, 0.25) is 0 Å². The van der Waals surface area contributed by atoms with Crippen LogP contribution in [0.4, 0.5) is 0 Å². The van der Waals surface area contributed by atoms with Gasteiger partial charge in [-0.3, -0.25) is 4.98 Å². The molecule has 0 aliphatic heterocycles. The predicted molar refractivity (Wildman–Crippen MR) is 73.3 cm³/mol. The Labute approximate surface area is 109 Å². The normalized spacial score (nSPS) is 11.4. The molecule has 0 aliphatic rings. The Morgan fingerprint density at radius 2 is 1.94 bits per heavy atom. The van der Waals surface area contributed by atoms with Crippen molar-refractivity contribution in [2.75, 3.05) is 0 Å². The monoisotopic (exact) mass is 297 g/mol. The average Bonchev–Trinajstić information content (AvgIpc) is 2.19. The lowest BCUT2D eigenvalue weighted by atomic mass is 10.1. The summed E-state index contributed by atoms with van der Waals surface area (Å²) in [5.74, 6) is 0.393. The SMILES string of the molecule is Cc1cc(Br)cc2c(Cl)cc(C(C)C)nc12. The first kappa shape index (κ1) is 11.9. The number of hydrogen-bond donors (Lipinski definition) is 0. The van der Waals surface area contributed by atoms with Crippen LogP contribution in [0.5, 0.6) is 0 Å². The van der Waals surface area contributed by atoms with Crippen LogP contribution in [0.1, 0.15) is 31.0 Å². The minimum Gasteiger partial charge on any atom is -0.252 e. The predicted octanol–water partition coefficient (Wildman–Crippen LogP) is 5.08. The largest absolute Gasteiger partial charge is 0.252 e. The molecule has 0 amide bonds. The fraction of sp³-hybridized carbons (Fsp3) is 0.308. The van der Waals surface area contributed by atoms with Crippen LogP contribution < -0.4 is 0 Å². The molecule has 0 aliphatic carbocycles. The van der Waals surface area contributed by atoms with Crippen LogP contribution in [-0.2, 0) is 0 Å². The number of rotatable bonds is 1. The fourth-order valence-corrected chi connectivity index (χ4v) is 2.56. The first-order chi connectivity index (χ1) is 7.49. The molecular weight excluding hydrogens is 286 g/mol. The molecule has 0 saturated carbocycles. The lowest BCUT2D eigenvalue weighted by Crippen LogP contribution is -1.95. The summed E-state index contributed by atoms with van der Waals surface area (Å²) in [7, 11) is 0. The van der Waals surface area contributed by atoms with E-state index in [2.05, 4.69) is 47.8 Å². The van der Waals surface area contributed by atoms with Crippen molar-refractivity contribution >= 4 is 38.4 Å². The topological polar surface area (TPSA) is 12.9 Å². The molecule has 2 rings (SSSR count). The summed E-state index contributed by atoms with van der Waals surface area (Å²) < 4.78 is 1.04. The van der Waals surface area contributed by atoms with Crippen molar-refractivity contribution in [3.63, 3.8) is 0 Å². The second-order valence-corrected chi connectivity index (χ2v) is 5.63. The van der Waals surface area contributed by atoms with E-state index in [1.54, 1.807) is 0 Å². The Balaban J connectivity index is 2.82. The molecule has 0 saturated heterocycles. The molecule has 1 aromatic carbocycles. The average molecular weight is 299 g/mol. The molecule has 1 aromatic heterocycles. The highest BCUT2D eigenvalue weighted by Crippen LogP contribution is 2.30. The van der Waals surface area contributed by atoms with Crippen molar-refractivity contribution in [1.29, 1.82) is 0 Å². The zero-order chi connectivity index (χ0) is 11.9. The second-order valence-electron chi connectivity index (χ2n) is 4.30. The van der Waals surface area contributed by atoms with Gasteiger partial charge in [-0.25, -0.2) is 0 Å². The summed E-state index contributed by atoms with van der Waals surface area (Å²) in [6.45, 7) is 6.30. The van der Waals surface area contributed by atoms with Gasteiger partial charge in [-0.1, -0.05) is 41.4 Å². The van der Waals surface area contributed by atoms with Gasteiger partial charge in [0.05, 0.1) is 10.5 Å². The minimum atomic E-state index is 0.393. The first-order valence-corrected chi connectivity index (χ1v) is 6.42. The van der Waals surface area contributed by atoms with E-state index in [1.807, 2.05) is 12.1 Å². The van der Waals surface area contributed by atoms with Crippen molar-refractivity contribution in [2.24, 2.45) is 0 Å². The third kappa shape index (κ3) is 2.09. The summed E-state index contributed by atoms with van der Waals surface area (Å²) in [5, 5.41) is 1.79. The highest BCUT2D eigenvalue weighted by molar-refractivity contribution is 9.10. The van der Waals surface area contributed by atoms with E-state index >= 15 is 0 Å². The Morgan fingerprint density at radius 3 is 2.56 bits per heavy atom. The number of hydrogen-bond acceptors (Lipinski definition) is 1. The van der Waals surface area contributed by atoms with Crippen LogP contribution in [0.15, 0.2) is 22.7 Å². The summed E-state index contributed by atoms with van der Waals surface area (Å²) >= 11 is 9.77. The molecule has 16 heavy (non-hydrogen) atoms. The molecule has 0 fully saturated rings.